The molecule has 0 heterocycles. The van der Waals surface area contributed by atoms with Gasteiger partial charge in [-0.3, -0.25) is 9.59 Å². The van der Waals surface area contributed by atoms with Crippen LogP contribution in [0.3, 0.4) is 0 Å². The number of rotatable bonds is 4. The SMILES string of the molecule is CCCCN(C)C(=O)C1CC2C=CC1C2=O. The summed E-state index contributed by atoms with van der Waals surface area (Å²) >= 11 is 0. The normalized spacial score (nSPS) is 31.1. The van der Waals surface area contributed by atoms with E-state index in [0.717, 1.165) is 25.8 Å². The summed E-state index contributed by atoms with van der Waals surface area (Å²) in [6.07, 6.45) is 6.74. The lowest BCUT2D eigenvalue weighted by Gasteiger charge is -2.23. The highest BCUT2D eigenvalue weighted by Crippen LogP contribution is 2.41. The highest BCUT2D eigenvalue weighted by molar-refractivity contribution is 5.97. The Hall–Kier alpha value is -1.12. The predicted octanol–water partition coefficient (Wildman–Crippen LogP) is 1.64. The van der Waals surface area contributed by atoms with E-state index in [1.807, 2.05) is 19.2 Å². The quantitative estimate of drug-likeness (QED) is 0.677. The second kappa shape index (κ2) is 4.40. The minimum absolute atomic E-state index is 0.0264. The summed E-state index contributed by atoms with van der Waals surface area (Å²) < 4.78 is 0. The highest BCUT2D eigenvalue weighted by atomic mass is 16.2. The van der Waals surface area contributed by atoms with Crippen LogP contribution < -0.4 is 0 Å². The third-order valence-electron chi connectivity index (χ3n) is 3.73. The van der Waals surface area contributed by atoms with E-state index in [1.165, 1.54) is 0 Å². The Morgan fingerprint density at radius 1 is 1.50 bits per heavy atom. The molecule has 2 aliphatic carbocycles. The van der Waals surface area contributed by atoms with E-state index >= 15 is 0 Å². The van der Waals surface area contributed by atoms with Crippen LogP contribution in [0.4, 0.5) is 0 Å². The summed E-state index contributed by atoms with van der Waals surface area (Å²) in [6, 6.07) is 0. The Kier molecular flexibility index (Phi) is 3.13. The average Bonchev–Trinajstić information content (AvgIpc) is 2.81. The highest BCUT2D eigenvalue weighted by Gasteiger charge is 2.47. The van der Waals surface area contributed by atoms with Gasteiger partial charge in [-0.15, -0.1) is 0 Å². The number of allylic oxidation sites excluding steroid dienone is 2. The first-order chi connectivity index (χ1) is 7.65. The van der Waals surface area contributed by atoms with Crippen LogP contribution >= 0.6 is 0 Å². The maximum atomic E-state index is 12.1. The van der Waals surface area contributed by atoms with E-state index in [-0.39, 0.29) is 29.4 Å². The van der Waals surface area contributed by atoms with Crippen molar-refractivity contribution in [3.63, 3.8) is 0 Å². The molecule has 3 nitrogen and oxygen atoms in total. The van der Waals surface area contributed by atoms with Crippen LogP contribution in [0.15, 0.2) is 12.2 Å². The van der Waals surface area contributed by atoms with Crippen LogP contribution in [0.5, 0.6) is 0 Å². The van der Waals surface area contributed by atoms with E-state index in [0.29, 0.717) is 0 Å². The lowest BCUT2D eigenvalue weighted by molar-refractivity contribution is -0.136. The minimum atomic E-state index is -0.124. The number of carbonyl (C=O) groups excluding carboxylic acids is 2. The fourth-order valence-corrected chi connectivity index (χ4v) is 2.68. The zero-order valence-electron chi connectivity index (χ0n) is 9.98. The van der Waals surface area contributed by atoms with Gasteiger partial charge in [-0.05, 0) is 12.8 Å². The van der Waals surface area contributed by atoms with E-state index in [2.05, 4.69) is 6.92 Å². The lowest BCUT2D eigenvalue weighted by Crippen LogP contribution is -2.35. The molecule has 0 aromatic rings. The zero-order chi connectivity index (χ0) is 11.7. The number of hydrogen-bond acceptors (Lipinski definition) is 2. The maximum Gasteiger partial charge on any atom is 0.226 e. The monoisotopic (exact) mass is 221 g/mol. The number of carbonyl (C=O) groups is 2. The van der Waals surface area contributed by atoms with Gasteiger partial charge in [-0.1, -0.05) is 25.5 Å². The standard InChI is InChI=1S/C13H19NO2/c1-3-4-7-14(2)13(16)11-8-9-5-6-10(11)12(9)15/h5-6,9-11H,3-4,7-8H2,1-2H3. The number of hydrogen-bond donors (Lipinski definition) is 0. The van der Waals surface area contributed by atoms with Crippen molar-refractivity contribution in [1.82, 2.24) is 4.90 Å². The van der Waals surface area contributed by atoms with Crippen molar-refractivity contribution in [3.8, 4) is 0 Å². The molecule has 3 unspecified atom stereocenters. The molecule has 0 aliphatic heterocycles. The molecule has 2 aliphatic rings. The Morgan fingerprint density at radius 2 is 2.25 bits per heavy atom. The molecule has 1 saturated carbocycles. The first kappa shape index (κ1) is 11.4. The maximum absolute atomic E-state index is 12.1. The number of ketones is 1. The van der Waals surface area contributed by atoms with Crippen LogP contribution in [0.2, 0.25) is 0 Å². The van der Waals surface area contributed by atoms with Crippen molar-refractivity contribution >= 4 is 11.7 Å². The Bertz CT molecular complexity index is 335. The second-order valence-corrected chi connectivity index (χ2v) is 4.88. The number of fused-ring (bicyclic) bond motifs is 2. The minimum Gasteiger partial charge on any atom is -0.345 e. The smallest absolute Gasteiger partial charge is 0.226 e. The van der Waals surface area contributed by atoms with Crippen LogP contribution in [-0.4, -0.2) is 30.2 Å². The van der Waals surface area contributed by atoms with E-state index in [1.54, 1.807) is 4.90 Å². The van der Waals surface area contributed by atoms with Gasteiger partial charge in [-0.2, -0.15) is 0 Å². The van der Waals surface area contributed by atoms with Crippen molar-refractivity contribution in [3.05, 3.63) is 12.2 Å². The van der Waals surface area contributed by atoms with Gasteiger partial charge in [-0.25, -0.2) is 0 Å². The zero-order valence-corrected chi connectivity index (χ0v) is 9.98. The summed E-state index contributed by atoms with van der Waals surface area (Å²) in [5, 5.41) is 0. The van der Waals surface area contributed by atoms with Gasteiger partial charge in [0.1, 0.15) is 5.78 Å². The topological polar surface area (TPSA) is 37.4 Å². The molecule has 88 valence electrons. The fraction of sp³-hybridized carbons (Fsp3) is 0.692. The van der Waals surface area contributed by atoms with Crippen LogP contribution in [-0.2, 0) is 9.59 Å². The largest absolute Gasteiger partial charge is 0.345 e. The average molecular weight is 221 g/mol. The van der Waals surface area contributed by atoms with Gasteiger partial charge in [0.25, 0.3) is 0 Å². The molecule has 3 atom stereocenters. The first-order valence-corrected chi connectivity index (χ1v) is 6.12. The Morgan fingerprint density at radius 3 is 2.75 bits per heavy atom. The number of nitrogens with zero attached hydrogens (tertiary/aromatic N) is 1. The molecule has 16 heavy (non-hydrogen) atoms. The van der Waals surface area contributed by atoms with Crippen molar-refractivity contribution in [2.45, 2.75) is 26.2 Å². The van der Waals surface area contributed by atoms with Crippen molar-refractivity contribution in [2.75, 3.05) is 13.6 Å². The molecule has 0 aromatic carbocycles. The molecule has 0 N–H and O–H groups in total. The molecular formula is C13H19NO2. The van der Waals surface area contributed by atoms with Crippen LogP contribution in [0.25, 0.3) is 0 Å². The van der Waals surface area contributed by atoms with Gasteiger partial charge >= 0.3 is 0 Å². The number of amides is 1. The second-order valence-electron chi connectivity index (χ2n) is 4.88. The Labute approximate surface area is 96.5 Å². The predicted molar refractivity (Wildman–Crippen MR) is 61.8 cm³/mol. The summed E-state index contributed by atoms with van der Waals surface area (Å²) in [7, 11) is 1.85. The van der Waals surface area contributed by atoms with Gasteiger partial charge < -0.3 is 4.90 Å². The molecule has 2 bridgehead atoms. The molecule has 0 radical (unpaired) electrons. The van der Waals surface area contributed by atoms with Gasteiger partial charge in [0.2, 0.25) is 5.91 Å². The fourth-order valence-electron chi connectivity index (χ4n) is 2.68. The molecule has 2 rings (SSSR count). The lowest BCUT2D eigenvalue weighted by atomic mass is 9.92. The molecule has 0 spiro atoms. The van der Waals surface area contributed by atoms with Gasteiger partial charge in [0.15, 0.2) is 0 Å². The molecule has 3 heteroatoms. The summed E-state index contributed by atoms with van der Waals surface area (Å²) in [5.74, 6) is 0.227. The molecule has 0 aromatic heterocycles. The van der Waals surface area contributed by atoms with Crippen molar-refractivity contribution in [2.24, 2.45) is 17.8 Å². The molecular weight excluding hydrogens is 202 g/mol. The van der Waals surface area contributed by atoms with Gasteiger partial charge in [0.05, 0.1) is 5.92 Å². The third-order valence-corrected chi connectivity index (χ3v) is 3.73. The van der Waals surface area contributed by atoms with Crippen LogP contribution in [0, 0.1) is 17.8 Å². The number of unbranched alkanes of at least 4 members (excludes halogenated alkanes) is 1. The van der Waals surface area contributed by atoms with Gasteiger partial charge in [0, 0.05) is 25.4 Å². The molecule has 0 saturated heterocycles. The molecule has 1 fully saturated rings. The summed E-state index contributed by atoms with van der Waals surface area (Å²) in [6.45, 7) is 2.92. The van der Waals surface area contributed by atoms with E-state index in [4.69, 9.17) is 0 Å². The van der Waals surface area contributed by atoms with Crippen molar-refractivity contribution < 1.29 is 9.59 Å². The Balaban J connectivity index is 1.96. The molecule has 1 amide bonds. The third kappa shape index (κ3) is 1.79. The van der Waals surface area contributed by atoms with E-state index in [9.17, 15) is 9.59 Å². The van der Waals surface area contributed by atoms with Crippen LogP contribution in [0.1, 0.15) is 26.2 Å². The van der Waals surface area contributed by atoms with E-state index < -0.39 is 0 Å². The summed E-state index contributed by atoms with van der Waals surface area (Å²) in [4.78, 5) is 25.6. The summed E-state index contributed by atoms with van der Waals surface area (Å²) in [5.41, 5.74) is 0. The first-order valence-electron chi connectivity index (χ1n) is 6.12. The van der Waals surface area contributed by atoms with Crippen molar-refractivity contribution in [1.29, 1.82) is 0 Å². The number of Topliss-reactive ketones (excluding diaryl/α,β-unsaturated/α-hetero) is 1.